The Bertz CT molecular complexity index is 523. The van der Waals surface area contributed by atoms with Crippen molar-refractivity contribution in [2.75, 3.05) is 6.54 Å². The molecule has 1 aliphatic rings. The van der Waals surface area contributed by atoms with E-state index in [-0.39, 0.29) is 11.9 Å². The van der Waals surface area contributed by atoms with Crippen LogP contribution in [-0.4, -0.2) is 28.4 Å². The summed E-state index contributed by atoms with van der Waals surface area (Å²) >= 11 is 8.08. The van der Waals surface area contributed by atoms with Crippen molar-refractivity contribution in [3.05, 3.63) is 34.1 Å². The van der Waals surface area contributed by atoms with Crippen LogP contribution in [0.15, 0.2) is 22.7 Å². The van der Waals surface area contributed by atoms with Gasteiger partial charge < -0.3 is 10.6 Å². The van der Waals surface area contributed by atoms with Gasteiger partial charge in [-0.25, -0.2) is 4.39 Å². The molecule has 3 nitrogen and oxygen atoms in total. The SMILES string of the molecule is NC(=S)C1CCCCN1C(=O)c1ccc(Br)c(F)c1. The number of carbonyl (C=O) groups excluding carboxylic acids is 1. The molecule has 19 heavy (non-hydrogen) atoms. The minimum Gasteiger partial charge on any atom is -0.392 e. The van der Waals surface area contributed by atoms with Gasteiger partial charge in [0.1, 0.15) is 5.82 Å². The highest BCUT2D eigenvalue weighted by Gasteiger charge is 2.29. The summed E-state index contributed by atoms with van der Waals surface area (Å²) in [6.45, 7) is 0.610. The second kappa shape index (κ2) is 5.96. The van der Waals surface area contributed by atoms with Crippen molar-refractivity contribution in [2.45, 2.75) is 25.3 Å². The Hall–Kier alpha value is -1.01. The molecule has 1 saturated heterocycles. The van der Waals surface area contributed by atoms with Crippen LogP contribution in [0.2, 0.25) is 0 Å². The zero-order valence-electron chi connectivity index (χ0n) is 10.2. The third kappa shape index (κ3) is 3.12. The zero-order chi connectivity index (χ0) is 14.0. The number of nitrogens with zero attached hydrogens (tertiary/aromatic N) is 1. The highest BCUT2D eigenvalue weighted by molar-refractivity contribution is 9.10. The Labute approximate surface area is 125 Å². The molecule has 6 heteroatoms. The maximum atomic E-state index is 13.5. The fraction of sp³-hybridized carbons (Fsp3) is 0.385. The van der Waals surface area contributed by atoms with Crippen LogP contribution in [0.4, 0.5) is 4.39 Å². The van der Waals surface area contributed by atoms with Gasteiger partial charge in [-0.15, -0.1) is 0 Å². The molecule has 0 aliphatic carbocycles. The standard InChI is InChI=1S/C13H14BrFN2OS/c14-9-5-4-8(7-10(9)15)13(18)17-6-2-1-3-11(17)12(16)19/h4-5,7,11H,1-3,6H2,(H2,16,19). The van der Waals surface area contributed by atoms with Gasteiger partial charge in [-0.2, -0.15) is 0 Å². The number of carbonyl (C=O) groups is 1. The van der Waals surface area contributed by atoms with Crippen LogP contribution in [0.5, 0.6) is 0 Å². The topological polar surface area (TPSA) is 46.3 Å². The minimum atomic E-state index is -0.449. The van der Waals surface area contributed by atoms with E-state index in [9.17, 15) is 9.18 Å². The van der Waals surface area contributed by atoms with Gasteiger partial charge in [0, 0.05) is 12.1 Å². The quantitative estimate of drug-likeness (QED) is 0.839. The van der Waals surface area contributed by atoms with E-state index < -0.39 is 5.82 Å². The van der Waals surface area contributed by atoms with E-state index >= 15 is 0 Å². The summed E-state index contributed by atoms with van der Waals surface area (Å²) in [6.07, 6.45) is 2.70. The van der Waals surface area contributed by atoms with E-state index in [1.54, 1.807) is 11.0 Å². The summed E-state index contributed by atoms with van der Waals surface area (Å²) < 4.78 is 13.8. The molecule has 1 aromatic carbocycles. The molecule has 0 spiro atoms. The maximum Gasteiger partial charge on any atom is 0.254 e. The van der Waals surface area contributed by atoms with Crippen molar-refractivity contribution < 1.29 is 9.18 Å². The smallest absolute Gasteiger partial charge is 0.254 e. The van der Waals surface area contributed by atoms with E-state index in [0.717, 1.165) is 19.3 Å². The van der Waals surface area contributed by atoms with Crippen molar-refractivity contribution >= 4 is 39.0 Å². The van der Waals surface area contributed by atoms with Gasteiger partial charge in [-0.1, -0.05) is 12.2 Å². The number of likely N-dealkylation sites (tertiary alicyclic amines) is 1. The molecule has 1 heterocycles. The first-order valence-electron chi connectivity index (χ1n) is 6.06. The van der Waals surface area contributed by atoms with Crippen molar-refractivity contribution in [3.8, 4) is 0 Å². The van der Waals surface area contributed by atoms with E-state index in [1.165, 1.54) is 12.1 Å². The van der Waals surface area contributed by atoms with Gasteiger partial charge in [-0.05, 0) is 53.4 Å². The molecule has 102 valence electrons. The lowest BCUT2D eigenvalue weighted by molar-refractivity contribution is 0.0681. The summed E-state index contributed by atoms with van der Waals surface area (Å²) in [5, 5.41) is 0. The first kappa shape index (κ1) is 14.4. The number of nitrogens with two attached hydrogens (primary N) is 1. The van der Waals surface area contributed by atoms with Crippen molar-refractivity contribution in [1.82, 2.24) is 4.90 Å². The van der Waals surface area contributed by atoms with Gasteiger partial charge in [0.25, 0.3) is 5.91 Å². The van der Waals surface area contributed by atoms with Gasteiger partial charge in [-0.3, -0.25) is 4.79 Å². The minimum absolute atomic E-state index is 0.219. The normalized spacial score (nSPS) is 19.3. The molecule has 0 radical (unpaired) electrons. The number of piperidine rings is 1. The fourth-order valence-corrected chi connectivity index (χ4v) is 2.76. The molecule has 1 aliphatic heterocycles. The maximum absolute atomic E-state index is 13.5. The van der Waals surface area contributed by atoms with Crippen molar-refractivity contribution in [2.24, 2.45) is 5.73 Å². The molecule has 1 unspecified atom stereocenters. The number of amides is 1. The van der Waals surface area contributed by atoms with E-state index in [2.05, 4.69) is 15.9 Å². The third-order valence-corrected chi connectivity index (χ3v) is 4.17. The average Bonchev–Trinajstić information content (AvgIpc) is 2.41. The molecule has 1 fully saturated rings. The largest absolute Gasteiger partial charge is 0.392 e. The van der Waals surface area contributed by atoms with Gasteiger partial charge >= 0.3 is 0 Å². The Kier molecular flexibility index (Phi) is 4.52. The van der Waals surface area contributed by atoms with E-state index in [0.29, 0.717) is 21.6 Å². The number of halogens is 2. The lowest BCUT2D eigenvalue weighted by Crippen LogP contribution is -2.49. The third-order valence-electron chi connectivity index (χ3n) is 3.26. The van der Waals surface area contributed by atoms with Crippen molar-refractivity contribution in [3.63, 3.8) is 0 Å². The molecule has 0 aromatic heterocycles. The lowest BCUT2D eigenvalue weighted by atomic mass is 10.0. The fourth-order valence-electron chi connectivity index (χ4n) is 2.27. The van der Waals surface area contributed by atoms with Crippen LogP contribution >= 0.6 is 28.1 Å². The van der Waals surface area contributed by atoms with Crippen LogP contribution in [0, 0.1) is 5.82 Å². The van der Waals surface area contributed by atoms with Crippen molar-refractivity contribution in [1.29, 1.82) is 0 Å². The van der Waals surface area contributed by atoms with Crippen LogP contribution in [-0.2, 0) is 0 Å². The molecule has 1 atom stereocenters. The summed E-state index contributed by atoms with van der Waals surface area (Å²) in [5.41, 5.74) is 6.01. The summed E-state index contributed by atoms with van der Waals surface area (Å²) in [4.78, 5) is 14.4. The monoisotopic (exact) mass is 344 g/mol. The van der Waals surface area contributed by atoms with E-state index in [1.807, 2.05) is 0 Å². The van der Waals surface area contributed by atoms with Gasteiger partial charge in [0.15, 0.2) is 0 Å². The van der Waals surface area contributed by atoms with Gasteiger partial charge in [0.2, 0.25) is 0 Å². The highest BCUT2D eigenvalue weighted by Crippen LogP contribution is 2.22. The predicted molar refractivity (Wildman–Crippen MR) is 79.6 cm³/mol. The Balaban J connectivity index is 2.26. The van der Waals surface area contributed by atoms with E-state index in [4.69, 9.17) is 18.0 Å². The van der Waals surface area contributed by atoms with Crippen LogP contribution in [0.3, 0.4) is 0 Å². The van der Waals surface area contributed by atoms with Crippen LogP contribution < -0.4 is 5.73 Å². The molecular formula is C13H14BrFN2OS. The zero-order valence-corrected chi connectivity index (χ0v) is 12.6. The van der Waals surface area contributed by atoms with Gasteiger partial charge in [0.05, 0.1) is 15.5 Å². The van der Waals surface area contributed by atoms with Crippen LogP contribution in [0.25, 0.3) is 0 Å². The Morgan fingerprint density at radius 3 is 2.84 bits per heavy atom. The first-order chi connectivity index (χ1) is 9.00. The molecule has 2 N–H and O–H groups in total. The Morgan fingerprint density at radius 2 is 2.21 bits per heavy atom. The number of rotatable bonds is 2. The first-order valence-corrected chi connectivity index (χ1v) is 7.26. The summed E-state index contributed by atoms with van der Waals surface area (Å²) in [6, 6.07) is 4.14. The number of thiocarbonyl (C=S) groups is 1. The molecule has 0 bridgehead atoms. The summed E-state index contributed by atoms with van der Waals surface area (Å²) in [7, 11) is 0. The summed E-state index contributed by atoms with van der Waals surface area (Å²) in [5.74, 6) is -0.668. The molecule has 2 rings (SSSR count). The molecule has 1 aromatic rings. The number of hydrogen-bond donors (Lipinski definition) is 1. The average molecular weight is 345 g/mol. The molecule has 0 saturated carbocycles. The van der Waals surface area contributed by atoms with Crippen LogP contribution in [0.1, 0.15) is 29.6 Å². The second-order valence-corrected chi connectivity index (χ2v) is 5.87. The molecular weight excluding hydrogens is 331 g/mol. The predicted octanol–water partition coefficient (Wildman–Crippen LogP) is 2.87. The number of hydrogen-bond acceptors (Lipinski definition) is 2. The lowest BCUT2D eigenvalue weighted by Gasteiger charge is -2.35. The second-order valence-electron chi connectivity index (χ2n) is 4.54. The Morgan fingerprint density at radius 1 is 1.47 bits per heavy atom. The number of benzene rings is 1. The molecule has 1 amide bonds. The highest BCUT2D eigenvalue weighted by atomic mass is 79.9.